The van der Waals surface area contributed by atoms with Crippen LogP contribution in [0.15, 0.2) is 0 Å². The molecule has 0 aliphatic heterocycles. The van der Waals surface area contributed by atoms with Gasteiger partial charge in [-0.05, 0) is 0 Å². The van der Waals surface area contributed by atoms with Gasteiger partial charge in [-0.15, -0.1) is 0 Å². The Hall–Kier alpha value is 3.55. The predicted octanol–water partition coefficient (Wildman–Crippen LogP) is -4.19. The quantitative estimate of drug-likeness (QED) is 0.226. The summed E-state index contributed by atoms with van der Waals surface area (Å²) >= 11 is 0. The summed E-state index contributed by atoms with van der Waals surface area (Å²) in [6.45, 7) is 0. The zero-order chi connectivity index (χ0) is 8.08. The molecule has 0 atom stereocenters. The van der Waals surface area contributed by atoms with Crippen molar-refractivity contribution in [1.29, 1.82) is 0 Å². The van der Waals surface area contributed by atoms with Crippen molar-refractivity contribution in [2.75, 3.05) is 0 Å². The van der Waals surface area contributed by atoms with Crippen LogP contribution in [0.1, 0.15) is 8.56 Å². The Morgan fingerprint density at radius 2 is 1.08 bits per heavy atom. The van der Waals surface area contributed by atoms with E-state index in [9.17, 15) is 0 Å². The minimum absolute atomic E-state index is 0. The van der Waals surface area contributed by atoms with E-state index in [2.05, 4.69) is 0 Å². The van der Waals surface area contributed by atoms with Gasteiger partial charge in [0.25, 0.3) is 0 Å². The van der Waals surface area contributed by atoms with Crippen molar-refractivity contribution < 1.29 is 41.9 Å². The maximum Gasteiger partial charge on any atom is 2.00 e. The number of rotatable bonds is 0. The molecule has 0 aliphatic rings. The van der Waals surface area contributed by atoms with Gasteiger partial charge in [-0.25, -0.2) is 4.57 Å². The summed E-state index contributed by atoms with van der Waals surface area (Å²) in [4.78, 5) is 35.9. The van der Waals surface area contributed by atoms with Gasteiger partial charge in [0.15, 0.2) is 17.4 Å². The molecule has 0 aromatic carbocycles. The van der Waals surface area contributed by atoms with E-state index in [0.29, 0.717) is 0 Å². The summed E-state index contributed by atoms with van der Waals surface area (Å²) in [6.07, 6.45) is 0. The van der Waals surface area contributed by atoms with Crippen molar-refractivity contribution in [1.82, 2.24) is 0 Å². The first kappa shape index (κ1) is 36.0. The van der Waals surface area contributed by atoms with Crippen LogP contribution in [0.25, 0.3) is 0 Å². The van der Waals surface area contributed by atoms with Gasteiger partial charge in [0.1, 0.15) is 0 Å². The molecule has 7 nitrogen and oxygen atoms in total. The van der Waals surface area contributed by atoms with Gasteiger partial charge in [0, 0.05) is 0 Å². The van der Waals surface area contributed by atoms with E-state index in [1.807, 2.05) is 0 Å². The predicted molar refractivity (Wildman–Crippen MR) is 59.0 cm³/mol. The van der Waals surface area contributed by atoms with Crippen LogP contribution in [0.5, 0.6) is 0 Å². The van der Waals surface area contributed by atoms with Gasteiger partial charge in [-0.1, -0.05) is 0 Å². The van der Waals surface area contributed by atoms with Crippen LogP contribution in [0.2, 0.25) is 0 Å². The standard InChI is InChI=1S/Al.2Ca.Mg.H3O4P.H2O3Si.9H/c;;;;1-5(2,3)4;1-4(2)3;;;;;;;;;/h;;;;(H3,1,2,3,4);1-2H;;;;;;;;;/q;3*+2;;;;;;6*-1. The zero-order valence-electron chi connectivity index (χ0n) is 12.1. The summed E-state index contributed by atoms with van der Waals surface area (Å²) < 4.78 is 17.6. The first-order valence-corrected chi connectivity index (χ1v) is 4.30. The van der Waals surface area contributed by atoms with Crippen LogP contribution in [-0.2, 0) is 9.03 Å². The molecule has 0 amide bonds. The fraction of sp³-hybridized carbons (Fsp3) is 0. The van der Waals surface area contributed by atoms with Crippen molar-refractivity contribution in [2.45, 2.75) is 0 Å². The van der Waals surface area contributed by atoms with Crippen molar-refractivity contribution in [3.63, 3.8) is 0 Å². The monoisotopic (exact) mass is 316 g/mol. The third kappa shape index (κ3) is 227. The largest absolute Gasteiger partial charge is 2.00 e. The minimum atomic E-state index is -4.64. The number of hydrogen-bond acceptors (Lipinski definition) is 2. The number of hydrogen-bond donors (Lipinski definition) is 5. The first-order chi connectivity index (χ1) is 3.73. The molecule has 0 heterocycles. The van der Waals surface area contributed by atoms with Gasteiger partial charge in [0.2, 0.25) is 0 Å². The Balaban J connectivity index is -0.00000000340. The van der Waals surface area contributed by atoms with E-state index < -0.39 is 17.0 Å². The Kier molecular flexibility index (Phi) is 57.8. The van der Waals surface area contributed by atoms with Crippen molar-refractivity contribution >= 4 is 133 Å². The Bertz CT molecular complexity index is 143. The van der Waals surface area contributed by atoms with E-state index in [1.54, 1.807) is 0 Å². The molecule has 0 saturated heterocycles. The van der Waals surface area contributed by atoms with Crippen molar-refractivity contribution in [2.24, 2.45) is 0 Å². The molecule has 0 aromatic heterocycles. The van der Waals surface area contributed by atoms with Gasteiger partial charge in [-0.3, -0.25) is 4.46 Å². The van der Waals surface area contributed by atoms with E-state index in [-0.39, 0.29) is 124 Å². The normalized spacial score (nSPS) is 6.38. The molecule has 13 heteroatoms. The second-order valence-electron chi connectivity index (χ2n) is 0.796. The summed E-state index contributed by atoms with van der Waals surface area (Å²) in [5.41, 5.74) is 0. The van der Waals surface area contributed by atoms with Gasteiger partial charge in [0.05, 0.1) is 0 Å². The molecule has 0 bridgehead atoms. The molecule has 5 N–H and O–H groups in total. The van der Waals surface area contributed by atoms with E-state index in [1.165, 1.54) is 0 Å². The molecule has 0 aliphatic carbocycles. The summed E-state index contributed by atoms with van der Waals surface area (Å²) in [6, 6.07) is 0. The Morgan fingerprint density at radius 3 is 1.08 bits per heavy atom. The van der Waals surface area contributed by atoms with Crippen LogP contribution in [0.4, 0.5) is 0 Å². The van der Waals surface area contributed by atoms with E-state index in [4.69, 9.17) is 33.3 Å². The van der Waals surface area contributed by atoms with Crippen LogP contribution in [0.3, 0.4) is 0 Å². The fourth-order valence-corrected chi connectivity index (χ4v) is 0. The summed E-state index contributed by atoms with van der Waals surface area (Å²) in [5, 5.41) is 0. The number of phosphoric acid groups is 1. The molecular formula is H14AlCa2MgO7PSi. The molecule has 0 unspecified atom stereocenters. The van der Waals surface area contributed by atoms with Gasteiger partial charge < -0.3 is 32.8 Å². The second kappa shape index (κ2) is 20.9. The first-order valence-electron chi connectivity index (χ1n) is 1.43. The van der Waals surface area contributed by atoms with Crippen LogP contribution in [-0.4, -0.2) is 149 Å². The molecule has 0 rings (SSSR count). The van der Waals surface area contributed by atoms with Crippen molar-refractivity contribution in [3.05, 3.63) is 0 Å². The van der Waals surface area contributed by atoms with Gasteiger partial charge >= 0.3 is 116 Å². The molecule has 0 saturated carbocycles. The fourth-order valence-electron chi connectivity index (χ4n) is 0. The maximum absolute atomic E-state index is 8.88. The van der Waals surface area contributed by atoms with Gasteiger partial charge in [-0.2, -0.15) is 0 Å². The van der Waals surface area contributed by atoms with Crippen molar-refractivity contribution in [3.8, 4) is 0 Å². The molecule has 13 heavy (non-hydrogen) atoms. The average Bonchev–Trinajstić information content (AvgIpc) is 1.19. The molecule has 0 radical (unpaired) electrons. The summed E-state index contributed by atoms with van der Waals surface area (Å²) in [5.74, 6) is 0. The molecule has 74 valence electrons. The zero-order valence-corrected chi connectivity index (χ0v) is 13.8. The van der Waals surface area contributed by atoms with E-state index >= 15 is 0 Å². The molecular weight excluding hydrogens is 302 g/mol. The average molecular weight is 317 g/mol. The summed E-state index contributed by atoms with van der Waals surface area (Å²) in [7, 11) is -7.77. The van der Waals surface area contributed by atoms with Crippen LogP contribution in [0, 0.1) is 0 Å². The van der Waals surface area contributed by atoms with E-state index in [0.717, 1.165) is 0 Å². The van der Waals surface area contributed by atoms with Crippen LogP contribution < -0.4 is 0 Å². The second-order valence-corrected chi connectivity index (χ2v) is 2.39. The van der Waals surface area contributed by atoms with Crippen LogP contribution >= 0.6 is 7.82 Å². The third-order valence-electron chi connectivity index (χ3n) is 0. The molecule has 0 spiro atoms. The maximum atomic E-state index is 8.88. The molecule has 0 fully saturated rings. The minimum Gasteiger partial charge on any atom is -1.00 e. The topological polar surface area (TPSA) is 135 Å². The SMILES string of the molecule is O=P(O)(O)O.O=[Si](O)O.[AlH3].[Ca+2].[Ca+2].[H-].[H-].[H-].[H-].[H-].[H-].[Mg+2]. The smallest absolute Gasteiger partial charge is 1.00 e. The molecule has 0 aromatic rings. The third-order valence-corrected chi connectivity index (χ3v) is 0. The Labute approximate surface area is 172 Å². The Morgan fingerprint density at radius 1 is 1.08 bits per heavy atom.